The molecule has 2 aromatic rings. The smallest absolute Gasteiger partial charge is 0.326 e. The number of carbonyl (C=O) groups is 3. The van der Waals surface area contributed by atoms with E-state index in [-0.39, 0.29) is 12.8 Å². The van der Waals surface area contributed by atoms with Gasteiger partial charge in [-0.25, -0.2) is 4.79 Å². The molecule has 2 amide bonds. The van der Waals surface area contributed by atoms with Crippen LogP contribution in [0.25, 0.3) is 10.8 Å². The number of hydrogen-bond acceptors (Lipinski definition) is 3. The van der Waals surface area contributed by atoms with Crippen LogP contribution < -0.4 is 11.1 Å². The van der Waals surface area contributed by atoms with Gasteiger partial charge in [-0.15, -0.1) is 0 Å². The summed E-state index contributed by atoms with van der Waals surface area (Å²) in [6.07, 6.45) is -0.140. The maximum absolute atomic E-state index is 12.2. The van der Waals surface area contributed by atoms with Crippen LogP contribution in [0, 0.1) is 0 Å². The van der Waals surface area contributed by atoms with Crippen molar-refractivity contribution in [3.63, 3.8) is 0 Å². The van der Waals surface area contributed by atoms with Gasteiger partial charge in [-0.2, -0.15) is 0 Å². The van der Waals surface area contributed by atoms with Crippen LogP contribution in [0.4, 0.5) is 0 Å². The van der Waals surface area contributed by atoms with Crippen molar-refractivity contribution >= 4 is 28.6 Å². The lowest BCUT2D eigenvalue weighted by Crippen LogP contribution is -2.41. The topological polar surface area (TPSA) is 109 Å². The molecule has 2 rings (SSSR count). The van der Waals surface area contributed by atoms with Crippen LogP contribution in [0.3, 0.4) is 0 Å². The molecule has 22 heavy (non-hydrogen) atoms. The fraction of sp³-hybridized carbons (Fsp3) is 0.188. The third-order valence-electron chi connectivity index (χ3n) is 3.29. The van der Waals surface area contributed by atoms with Gasteiger partial charge in [0.1, 0.15) is 6.04 Å². The maximum Gasteiger partial charge on any atom is 0.326 e. The number of carbonyl (C=O) groups excluding carboxylic acids is 2. The van der Waals surface area contributed by atoms with Crippen LogP contribution in [0.5, 0.6) is 0 Å². The minimum atomic E-state index is -1.20. The van der Waals surface area contributed by atoms with E-state index < -0.39 is 23.8 Å². The first-order valence-corrected chi connectivity index (χ1v) is 6.78. The number of amides is 2. The largest absolute Gasteiger partial charge is 0.480 e. The summed E-state index contributed by atoms with van der Waals surface area (Å²) in [7, 11) is 0. The molecule has 0 heterocycles. The predicted octanol–water partition coefficient (Wildman–Crippen LogP) is 1.29. The summed E-state index contributed by atoms with van der Waals surface area (Å²) in [4.78, 5) is 34.0. The van der Waals surface area contributed by atoms with E-state index in [0.717, 1.165) is 10.8 Å². The van der Waals surface area contributed by atoms with E-state index in [0.29, 0.717) is 5.56 Å². The summed E-state index contributed by atoms with van der Waals surface area (Å²) >= 11 is 0. The monoisotopic (exact) mass is 300 g/mol. The van der Waals surface area contributed by atoms with Crippen LogP contribution in [0.1, 0.15) is 23.2 Å². The zero-order valence-corrected chi connectivity index (χ0v) is 11.8. The molecule has 1 atom stereocenters. The molecule has 0 aliphatic heterocycles. The molecule has 114 valence electrons. The highest BCUT2D eigenvalue weighted by molar-refractivity contribution is 6.00. The lowest BCUT2D eigenvalue weighted by molar-refractivity contribution is -0.139. The van der Waals surface area contributed by atoms with Crippen molar-refractivity contribution in [3.8, 4) is 0 Å². The van der Waals surface area contributed by atoms with Gasteiger partial charge in [0.25, 0.3) is 5.91 Å². The molecule has 0 aromatic heterocycles. The Morgan fingerprint density at radius 3 is 2.41 bits per heavy atom. The van der Waals surface area contributed by atoms with Crippen molar-refractivity contribution in [3.05, 3.63) is 48.0 Å². The van der Waals surface area contributed by atoms with Gasteiger partial charge in [0.05, 0.1) is 0 Å². The highest BCUT2D eigenvalue weighted by Gasteiger charge is 2.21. The van der Waals surface area contributed by atoms with Crippen molar-refractivity contribution in [1.82, 2.24) is 5.32 Å². The van der Waals surface area contributed by atoms with Gasteiger partial charge in [-0.1, -0.05) is 30.3 Å². The molecule has 0 bridgehead atoms. The Balaban J connectivity index is 2.14. The standard InChI is InChI=1S/C16H16N2O4/c17-14(19)8-7-13(16(21)22)18-15(20)12-6-5-10-3-1-2-4-11(10)9-12/h1-6,9,13H,7-8H2,(H2,17,19)(H,18,20)(H,21,22)/t13-/m0/s1. The average Bonchev–Trinajstić information content (AvgIpc) is 2.50. The van der Waals surface area contributed by atoms with Gasteiger partial charge < -0.3 is 16.2 Å². The van der Waals surface area contributed by atoms with Crippen LogP contribution >= 0.6 is 0 Å². The number of benzene rings is 2. The zero-order chi connectivity index (χ0) is 16.1. The lowest BCUT2D eigenvalue weighted by atomic mass is 10.1. The maximum atomic E-state index is 12.2. The summed E-state index contributed by atoms with van der Waals surface area (Å²) in [5, 5.41) is 13.4. The van der Waals surface area contributed by atoms with Gasteiger partial charge in [-0.3, -0.25) is 9.59 Å². The summed E-state index contributed by atoms with van der Waals surface area (Å²) < 4.78 is 0. The molecule has 6 nitrogen and oxygen atoms in total. The van der Waals surface area contributed by atoms with Gasteiger partial charge in [0.15, 0.2) is 0 Å². The van der Waals surface area contributed by atoms with E-state index in [1.54, 1.807) is 18.2 Å². The van der Waals surface area contributed by atoms with Gasteiger partial charge in [0.2, 0.25) is 5.91 Å². The van der Waals surface area contributed by atoms with Crippen LogP contribution in [-0.4, -0.2) is 28.9 Å². The second-order valence-corrected chi connectivity index (χ2v) is 4.93. The van der Waals surface area contributed by atoms with Crippen LogP contribution in [-0.2, 0) is 9.59 Å². The average molecular weight is 300 g/mol. The summed E-state index contributed by atoms with van der Waals surface area (Å²) in [6, 6.07) is 11.5. The number of carboxylic acids is 1. The van der Waals surface area contributed by atoms with Crippen molar-refractivity contribution in [1.29, 1.82) is 0 Å². The highest BCUT2D eigenvalue weighted by Crippen LogP contribution is 2.15. The molecular formula is C16H16N2O4. The number of carboxylic acid groups (broad SMARTS) is 1. The fourth-order valence-corrected chi connectivity index (χ4v) is 2.12. The van der Waals surface area contributed by atoms with E-state index in [4.69, 9.17) is 10.8 Å². The number of aliphatic carboxylic acids is 1. The van der Waals surface area contributed by atoms with E-state index in [9.17, 15) is 14.4 Å². The number of primary amides is 1. The first-order chi connectivity index (χ1) is 10.5. The third kappa shape index (κ3) is 3.82. The van der Waals surface area contributed by atoms with Crippen molar-refractivity contribution in [2.24, 2.45) is 5.73 Å². The molecular weight excluding hydrogens is 284 g/mol. The Bertz CT molecular complexity index is 727. The molecule has 6 heteroatoms. The van der Waals surface area contributed by atoms with Crippen molar-refractivity contribution < 1.29 is 19.5 Å². The first kappa shape index (κ1) is 15.5. The van der Waals surface area contributed by atoms with Gasteiger partial charge in [0, 0.05) is 12.0 Å². The molecule has 0 unspecified atom stereocenters. The highest BCUT2D eigenvalue weighted by atomic mass is 16.4. The van der Waals surface area contributed by atoms with Crippen LogP contribution in [0.15, 0.2) is 42.5 Å². The van der Waals surface area contributed by atoms with E-state index in [2.05, 4.69) is 5.32 Å². The van der Waals surface area contributed by atoms with Crippen LogP contribution in [0.2, 0.25) is 0 Å². The summed E-state index contributed by atoms with van der Waals surface area (Å²) in [5.74, 6) is -2.30. The quantitative estimate of drug-likeness (QED) is 0.746. The van der Waals surface area contributed by atoms with E-state index in [1.165, 1.54) is 0 Å². The second-order valence-electron chi connectivity index (χ2n) is 4.93. The fourth-order valence-electron chi connectivity index (χ4n) is 2.12. The molecule has 0 aliphatic carbocycles. The second kappa shape index (κ2) is 6.71. The molecule has 4 N–H and O–H groups in total. The molecule has 0 fully saturated rings. The Hall–Kier alpha value is -2.89. The van der Waals surface area contributed by atoms with E-state index in [1.807, 2.05) is 24.3 Å². The third-order valence-corrected chi connectivity index (χ3v) is 3.29. The Morgan fingerprint density at radius 1 is 1.09 bits per heavy atom. The minimum Gasteiger partial charge on any atom is -0.480 e. The Kier molecular flexibility index (Phi) is 4.73. The molecule has 2 aromatic carbocycles. The molecule has 0 radical (unpaired) electrons. The predicted molar refractivity (Wildman–Crippen MR) is 81.3 cm³/mol. The van der Waals surface area contributed by atoms with Crippen molar-refractivity contribution in [2.45, 2.75) is 18.9 Å². The first-order valence-electron chi connectivity index (χ1n) is 6.78. The van der Waals surface area contributed by atoms with Gasteiger partial charge in [-0.05, 0) is 29.3 Å². The SMILES string of the molecule is NC(=O)CC[C@H](NC(=O)c1ccc2ccccc2c1)C(=O)O. The number of rotatable bonds is 6. The number of fused-ring (bicyclic) bond motifs is 1. The normalized spacial score (nSPS) is 11.8. The van der Waals surface area contributed by atoms with Gasteiger partial charge >= 0.3 is 5.97 Å². The minimum absolute atomic E-state index is 0.0377. The zero-order valence-electron chi connectivity index (χ0n) is 11.8. The van der Waals surface area contributed by atoms with Crippen molar-refractivity contribution in [2.75, 3.05) is 0 Å². The summed E-state index contributed by atoms with van der Waals surface area (Å²) in [6.45, 7) is 0. The molecule has 0 saturated carbocycles. The lowest BCUT2D eigenvalue weighted by Gasteiger charge is -2.14. The Labute approximate surface area is 126 Å². The molecule has 0 spiro atoms. The number of nitrogens with two attached hydrogens (primary N) is 1. The number of hydrogen-bond donors (Lipinski definition) is 3. The number of nitrogens with one attached hydrogen (secondary N) is 1. The molecule has 0 saturated heterocycles. The van der Waals surface area contributed by atoms with E-state index >= 15 is 0 Å². The molecule has 0 aliphatic rings. The Morgan fingerprint density at radius 2 is 1.77 bits per heavy atom. The summed E-state index contributed by atoms with van der Waals surface area (Å²) in [5.41, 5.74) is 5.37.